The van der Waals surface area contributed by atoms with Gasteiger partial charge in [-0.2, -0.15) is 0 Å². The summed E-state index contributed by atoms with van der Waals surface area (Å²) < 4.78 is 0. The van der Waals surface area contributed by atoms with Crippen LogP contribution in [0.5, 0.6) is 0 Å². The Kier molecular flexibility index (Phi) is 3.06. The van der Waals surface area contributed by atoms with E-state index in [1.54, 1.807) is 4.90 Å². The lowest BCUT2D eigenvalue weighted by atomic mass is 9.49. The second-order valence-electron chi connectivity index (χ2n) is 9.09. The molecule has 0 spiro atoms. The van der Waals surface area contributed by atoms with E-state index in [4.69, 9.17) is 0 Å². The molecule has 5 aliphatic carbocycles. The van der Waals surface area contributed by atoms with Crippen LogP contribution in [0, 0.1) is 23.2 Å². The molecule has 0 radical (unpaired) electrons. The Morgan fingerprint density at radius 3 is 1.78 bits per heavy atom. The van der Waals surface area contributed by atoms with Crippen LogP contribution < -0.4 is 0 Å². The summed E-state index contributed by atoms with van der Waals surface area (Å²) in [6.07, 6.45) is 13.3. The predicted molar refractivity (Wildman–Crippen MR) is 87.4 cm³/mol. The lowest BCUT2D eigenvalue weighted by molar-refractivity contribution is -0.139. The van der Waals surface area contributed by atoms with Crippen LogP contribution in [-0.4, -0.2) is 23.3 Å². The molecule has 1 heterocycles. The average Bonchev–Trinajstić information content (AvgIpc) is 2.76. The summed E-state index contributed by atoms with van der Waals surface area (Å²) in [5.41, 5.74) is 2.16. The van der Waals surface area contributed by atoms with Crippen molar-refractivity contribution in [1.29, 1.82) is 0 Å². The van der Waals surface area contributed by atoms with Gasteiger partial charge in [0.1, 0.15) is 0 Å². The molecule has 124 valence electrons. The molecule has 0 atom stereocenters. The van der Waals surface area contributed by atoms with Crippen LogP contribution >= 0.6 is 0 Å². The summed E-state index contributed by atoms with van der Waals surface area (Å²) in [7, 11) is 0. The van der Waals surface area contributed by atoms with E-state index in [1.165, 1.54) is 38.5 Å². The van der Waals surface area contributed by atoms with Gasteiger partial charge in [-0.1, -0.05) is 0 Å². The van der Waals surface area contributed by atoms with Gasteiger partial charge in [-0.3, -0.25) is 14.5 Å². The summed E-state index contributed by atoms with van der Waals surface area (Å²) in [5, 5.41) is 0. The fourth-order valence-corrected chi connectivity index (χ4v) is 6.94. The van der Waals surface area contributed by atoms with Crippen molar-refractivity contribution in [2.75, 3.05) is 6.54 Å². The normalized spacial score (nSPS) is 41.9. The van der Waals surface area contributed by atoms with Crippen LogP contribution in [0.4, 0.5) is 0 Å². The van der Waals surface area contributed by atoms with Crippen molar-refractivity contribution < 1.29 is 9.59 Å². The zero-order valence-electron chi connectivity index (χ0n) is 14.0. The van der Waals surface area contributed by atoms with E-state index in [1.807, 2.05) is 0 Å². The minimum Gasteiger partial charge on any atom is -0.275 e. The van der Waals surface area contributed by atoms with Gasteiger partial charge in [-0.25, -0.2) is 0 Å². The molecule has 1 aliphatic heterocycles. The van der Waals surface area contributed by atoms with Crippen molar-refractivity contribution in [2.24, 2.45) is 23.2 Å². The van der Waals surface area contributed by atoms with Crippen molar-refractivity contribution in [2.45, 2.75) is 70.6 Å². The molecule has 4 bridgehead atoms. The Morgan fingerprint density at radius 2 is 1.30 bits per heavy atom. The number of imide groups is 1. The first-order valence-electron chi connectivity index (χ1n) is 9.72. The van der Waals surface area contributed by atoms with Crippen molar-refractivity contribution in [3.05, 3.63) is 11.1 Å². The molecule has 6 aliphatic rings. The van der Waals surface area contributed by atoms with Gasteiger partial charge < -0.3 is 0 Å². The van der Waals surface area contributed by atoms with Crippen molar-refractivity contribution in [3.63, 3.8) is 0 Å². The summed E-state index contributed by atoms with van der Waals surface area (Å²) in [6, 6.07) is 0. The quantitative estimate of drug-likeness (QED) is 0.743. The molecule has 0 saturated heterocycles. The van der Waals surface area contributed by atoms with Crippen molar-refractivity contribution in [1.82, 2.24) is 4.90 Å². The molecule has 2 amide bonds. The van der Waals surface area contributed by atoms with Crippen molar-refractivity contribution in [3.8, 4) is 0 Å². The zero-order chi connectivity index (χ0) is 15.6. The number of rotatable bonds is 3. The largest absolute Gasteiger partial charge is 0.275 e. The molecule has 6 rings (SSSR count). The van der Waals surface area contributed by atoms with Crippen LogP contribution in [0.3, 0.4) is 0 Å². The third kappa shape index (κ3) is 2.15. The first-order valence-corrected chi connectivity index (χ1v) is 9.72. The summed E-state index contributed by atoms with van der Waals surface area (Å²) in [4.78, 5) is 26.8. The van der Waals surface area contributed by atoms with Crippen molar-refractivity contribution >= 4 is 11.8 Å². The fraction of sp³-hybridized carbons (Fsp3) is 0.800. The number of carbonyl (C=O) groups is 2. The lowest BCUT2D eigenvalue weighted by Crippen LogP contribution is -2.47. The van der Waals surface area contributed by atoms with E-state index in [-0.39, 0.29) is 11.8 Å². The second kappa shape index (κ2) is 4.94. The minimum atomic E-state index is 0.0504. The number of hydrogen-bond acceptors (Lipinski definition) is 2. The van der Waals surface area contributed by atoms with E-state index < -0.39 is 0 Å². The summed E-state index contributed by atoms with van der Waals surface area (Å²) in [5.74, 6) is 2.93. The van der Waals surface area contributed by atoms with Crippen LogP contribution in [-0.2, 0) is 9.59 Å². The second-order valence-corrected chi connectivity index (χ2v) is 9.09. The molecule has 0 unspecified atom stereocenters. The molecule has 3 heteroatoms. The molecule has 0 aromatic carbocycles. The molecule has 0 aromatic heterocycles. The summed E-state index contributed by atoms with van der Waals surface area (Å²) in [6.45, 7) is 0.677. The highest BCUT2D eigenvalue weighted by molar-refractivity contribution is 6.19. The number of nitrogens with zero attached hydrogens (tertiary/aromatic N) is 1. The zero-order valence-corrected chi connectivity index (χ0v) is 14.0. The van der Waals surface area contributed by atoms with Gasteiger partial charge in [0.25, 0.3) is 11.8 Å². The Bertz CT molecular complexity index is 539. The van der Waals surface area contributed by atoms with Crippen LogP contribution in [0.25, 0.3) is 0 Å². The fourth-order valence-electron chi connectivity index (χ4n) is 6.94. The summed E-state index contributed by atoms with van der Waals surface area (Å²) >= 11 is 0. The maximum atomic E-state index is 12.6. The van der Waals surface area contributed by atoms with Crippen LogP contribution in [0.15, 0.2) is 11.1 Å². The van der Waals surface area contributed by atoms with Gasteiger partial charge in [-0.15, -0.1) is 0 Å². The van der Waals surface area contributed by atoms with Crippen LogP contribution in [0.2, 0.25) is 0 Å². The molecular weight excluding hydrogens is 286 g/mol. The molecule has 4 fully saturated rings. The SMILES string of the molecule is O=C1C2=C(CCCC2)C(=O)N1CCC12CC3CC(CC(C3)C1)C2. The molecule has 3 nitrogen and oxygen atoms in total. The predicted octanol–water partition coefficient (Wildman–Crippen LogP) is 3.83. The topological polar surface area (TPSA) is 37.4 Å². The molecule has 23 heavy (non-hydrogen) atoms. The highest BCUT2D eigenvalue weighted by Crippen LogP contribution is 2.61. The molecule has 0 N–H and O–H groups in total. The Balaban J connectivity index is 1.30. The van der Waals surface area contributed by atoms with Gasteiger partial charge >= 0.3 is 0 Å². The first kappa shape index (κ1) is 14.2. The van der Waals surface area contributed by atoms with Gasteiger partial charge in [-0.05, 0) is 93.8 Å². The third-order valence-electron chi connectivity index (χ3n) is 7.51. The third-order valence-corrected chi connectivity index (χ3v) is 7.51. The van der Waals surface area contributed by atoms with E-state index >= 15 is 0 Å². The highest BCUT2D eigenvalue weighted by Gasteiger charge is 2.51. The lowest BCUT2D eigenvalue weighted by Gasteiger charge is -2.57. The molecule has 0 aromatic rings. The van der Waals surface area contributed by atoms with E-state index in [0.717, 1.165) is 61.0 Å². The van der Waals surface area contributed by atoms with Gasteiger partial charge in [0.2, 0.25) is 0 Å². The maximum absolute atomic E-state index is 12.6. The highest BCUT2D eigenvalue weighted by atomic mass is 16.2. The van der Waals surface area contributed by atoms with E-state index in [9.17, 15) is 9.59 Å². The van der Waals surface area contributed by atoms with Gasteiger partial charge in [0.05, 0.1) is 0 Å². The number of hydrogen-bond donors (Lipinski definition) is 0. The standard InChI is InChI=1S/C20H27NO2/c22-18-16-3-1-2-4-17(16)19(23)21(18)6-5-20-10-13-7-14(11-20)9-15(8-13)12-20/h13-15H,1-12H2. The van der Waals surface area contributed by atoms with E-state index in [0.29, 0.717) is 12.0 Å². The minimum absolute atomic E-state index is 0.0504. The Labute approximate surface area is 138 Å². The Hall–Kier alpha value is -1.12. The smallest absolute Gasteiger partial charge is 0.257 e. The molecular formula is C20H27NO2. The first-order chi connectivity index (χ1) is 11.1. The average molecular weight is 313 g/mol. The number of carbonyl (C=O) groups excluding carboxylic acids is 2. The van der Waals surface area contributed by atoms with Crippen LogP contribution in [0.1, 0.15) is 70.6 Å². The van der Waals surface area contributed by atoms with Gasteiger partial charge in [0.15, 0.2) is 0 Å². The van der Waals surface area contributed by atoms with Gasteiger partial charge in [0, 0.05) is 17.7 Å². The monoisotopic (exact) mass is 313 g/mol. The number of amides is 2. The van der Waals surface area contributed by atoms with E-state index in [2.05, 4.69) is 0 Å². The molecule has 4 saturated carbocycles. The Morgan fingerprint density at radius 1 is 0.826 bits per heavy atom. The maximum Gasteiger partial charge on any atom is 0.257 e.